The van der Waals surface area contributed by atoms with Gasteiger partial charge in [-0.05, 0) is 69.2 Å². The van der Waals surface area contributed by atoms with Crippen molar-refractivity contribution in [3.8, 4) is 0 Å². The van der Waals surface area contributed by atoms with Crippen LogP contribution in [0.25, 0.3) is 10.9 Å². The molecule has 0 bridgehead atoms. The van der Waals surface area contributed by atoms with Gasteiger partial charge in [-0.15, -0.1) is 0 Å². The second kappa shape index (κ2) is 6.21. The molecular weight excluding hydrogens is 308 g/mol. The molecule has 0 radical (unpaired) electrons. The van der Waals surface area contributed by atoms with E-state index in [1.165, 1.54) is 33.3 Å². The summed E-state index contributed by atoms with van der Waals surface area (Å²) in [6.07, 6.45) is 10.1. The number of rotatable bonds is 2. The van der Waals surface area contributed by atoms with Crippen LogP contribution in [-0.4, -0.2) is 16.9 Å². The Balaban J connectivity index is 1.57. The Bertz CT molecular complexity index is 900. The minimum atomic E-state index is -0.0949. The lowest BCUT2D eigenvalue weighted by atomic mass is 9.88. The van der Waals surface area contributed by atoms with E-state index in [-0.39, 0.29) is 17.9 Å². The number of allylic oxidation sites excluding steroid dienone is 2. The van der Waals surface area contributed by atoms with Crippen LogP contribution in [0, 0.1) is 19.8 Å². The largest absolute Gasteiger partial charge is 0.358 e. The number of amides is 1. The number of nitrogens with one attached hydrogen (secondary N) is 2. The second-order valence-corrected chi connectivity index (χ2v) is 7.62. The Morgan fingerprint density at radius 3 is 2.88 bits per heavy atom. The van der Waals surface area contributed by atoms with Crippen molar-refractivity contribution in [3.05, 3.63) is 58.3 Å². The number of carbonyl (C=O) groups is 1. The number of aryl methyl sites for hydroxylation is 3. The van der Waals surface area contributed by atoms with Crippen LogP contribution < -0.4 is 5.32 Å². The summed E-state index contributed by atoms with van der Waals surface area (Å²) in [6.45, 7) is 6.38. The highest BCUT2D eigenvalue weighted by molar-refractivity contribution is 5.89. The van der Waals surface area contributed by atoms with Crippen LogP contribution >= 0.6 is 0 Å². The van der Waals surface area contributed by atoms with E-state index in [2.05, 4.69) is 55.4 Å². The van der Waals surface area contributed by atoms with Crippen LogP contribution in [0.5, 0.6) is 0 Å². The third kappa shape index (κ3) is 2.92. The van der Waals surface area contributed by atoms with Crippen molar-refractivity contribution in [3.63, 3.8) is 0 Å². The van der Waals surface area contributed by atoms with Crippen LogP contribution in [0.2, 0.25) is 0 Å². The maximum Gasteiger partial charge on any atom is 0.231 e. The van der Waals surface area contributed by atoms with Gasteiger partial charge in [0.2, 0.25) is 5.91 Å². The number of hydrogen-bond donors (Lipinski definition) is 2. The molecule has 2 unspecified atom stereocenters. The first-order chi connectivity index (χ1) is 12.0. The van der Waals surface area contributed by atoms with E-state index < -0.39 is 0 Å². The lowest BCUT2D eigenvalue weighted by Gasteiger charge is -2.26. The standard InChI is InChI=1S/C22H26N2O/c1-13-10-15(3)21-18-12-16(8-9-19(18)24-20(21)11-13)23-22(25)17-7-5-4-6-14(17)2/h5-7,10-11,16-17,24H,4,8-9,12H2,1-3H3,(H,23,25). The van der Waals surface area contributed by atoms with Gasteiger partial charge in [-0.3, -0.25) is 4.79 Å². The summed E-state index contributed by atoms with van der Waals surface area (Å²) in [6, 6.07) is 4.71. The zero-order valence-corrected chi connectivity index (χ0v) is 15.3. The maximum atomic E-state index is 12.7. The van der Waals surface area contributed by atoms with E-state index in [1.54, 1.807) is 0 Å². The smallest absolute Gasteiger partial charge is 0.231 e. The quantitative estimate of drug-likeness (QED) is 0.791. The van der Waals surface area contributed by atoms with Gasteiger partial charge in [-0.1, -0.05) is 29.9 Å². The van der Waals surface area contributed by atoms with Crippen LogP contribution in [0.15, 0.2) is 35.9 Å². The molecule has 0 spiro atoms. The summed E-state index contributed by atoms with van der Waals surface area (Å²) >= 11 is 0. The van der Waals surface area contributed by atoms with Gasteiger partial charge in [0.05, 0.1) is 5.92 Å². The molecule has 130 valence electrons. The summed E-state index contributed by atoms with van der Waals surface area (Å²) in [5.74, 6) is 0.0491. The average molecular weight is 334 g/mol. The van der Waals surface area contributed by atoms with Gasteiger partial charge in [-0.25, -0.2) is 0 Å². The fourth-order valence-corrected chi connectivity index (χ4v) is 4.42. The SMILES string of the molecule is CC1=CCC=CC1C(=O)NC1CCc2[nH]c3cc(C)cc(C)c3c2C1. The van der Waals surface area contributed by atoms with Crippen molar-refractivity contribution in [2.24, 2.45) is 5.92 Å². The number of H-pyrrole nitrogens is 1. The lowest BCUT2D eigenvalue weighted by molar-refractivity contribution is -0.123. The van der Waals surface area contributed by atoms with Gasteiger partial charge in [0, 0.05) is 22.6 Å². The normalized spacial score (nSPS) is 22.6. The number of aromatic nitrogens is 1. The molecule has 1 aromatic heterocycles. The molecule has 25 heavy (non-hydrogen) atoms. The third-order valence-corrected chi connectivity index (χ3v) is 5.65. The van der Waals surface area contributed by atoms with Crippen molar-refractivity contribution in [1.29, 1.82) is 0 Å². The van der Waals surface area contributed by atoms with E-state index in [0.717, 1.165) is 31.3 Å². The molecule has 2 atom stereocenters. The first kappa shape index (κ1) is 16.2. The first-order valence-corrected chi connectivity index (χ1v) is 9.27. The van der Waals surface area contributed by atoms with Crippen molar-refractivity contribution < 1.29 is 4.79 Å². The fourth-order valence-electron chi connectivity index (χ4n) is 4.42. The predicted molar refractivity (Wildman–Crippen MR) is 103 cm³/mol. The van der Waals surface area contributed by atoms with Gasteiger partial charge in [-0.2, -0.15) is 0 Å². The topological polar surface area (TPSA) is 44.9 Å². The zero-order valence-electron chi connectivity index (χ0n) is 15.3. The molecule has 1 amide bonds. The van der Waals surface area contributed by atoms with E-state index >= 15 is 0 Å². The van der Waals surface area contributed by atoms with Gasteiger partial charge in [0.1, 0.15) is 0 Å². The Morgan fingerprint density at radius 2 is 2.08 bits per heavy atom. The fraction of sp³-hybridized carbons (Fsp3) is 0.409. The van der Waals surface area contributed by atoms with E-state index in [9.17, 15) is 4.79 Å². The molecule has 2 N–H and O–H groups in total. The zero-order chi connectivity index (χ0) is 17.6. The Hall–Kier alpha value is -2.29. The van der Waals surface area contributed by atoms with Crippen LogP contribution in [0.1, 0.15) is 42.1 Å². The summed E-state index contributed by atoms with van der Waals surface area (Å²) in [7, 11) is 0. The van der Waals surface area contributed by atoms with Gasteiger partial charge in [0.15, 0.2) is 0 Å². The van der Waals surface area contributed by atoms with Crippen LogP contribution in [-0.2, 0) is 17.6 Å². The molecule has 2 aromatic rings. The minimum Gasteiger partial charge on any atom is -0.358 e. The van der Waals surface area contributed by atoms with E-state index in [4.69, 9.17) is 0 Å². The highest BCUT2D eigenvalue weighted by Gasteiger charge is 2.27. The van der Waals surface area contributed by atoms with Crippen molar-refractivity contribution >= 4 is 16.8 Å². The van der Waals surface area contributed by atoms with Crippen LogP contribution in [0.4, 0.5) is 0 Å². The maximum absolute atomic E-state index is 12.7. The molecule has 2 aliphatic carbocycles. The van der Waals surface area contributed by atoms with Crippen molar-refractivity contribution in [2.75, 3.05) is 0 Å². The van der Waals surface area contributed by atoms with E-state index in [1.807, 2.05) is 6.08 Å². The van der Waals surface area contributed by atoms with Crippen molar-refractivity contribution in [2.45, 2.75) is 52.5 Å². The Labute approximate surface area is 149 Å². The number of hydrogen-bond acceptors (Lipinski definition) is 1. The summed E-state index contributed by atoms with van der Waals surface area (Å²) in [5, 5.41) is 4.66. The summed E-state index contributed by atoms with van der Waals surface area (Å²) < 4.78 is 0. The molecule has 0 fully saturated rings. The number of fused-ring (bicyclic) bond motifs is 3. The highest BCUT2D eigenvalue weighted by atomic mass is 16.1. The minimum absolute atomic E-state index is 0.0949. The molecular formula is C22H26N2O. The second-order valence-electron chi connectivity index (χ2n) is 7.62. The molecule has 1 aromatic carbocycles. The predicted octanol–water partition coefficient (Wildman–Crippen LogP) is 4.28. The Morgan fingerprint density at radius 1 is 1.24 bits per heavy atom. The molecule has 0 saturated carbocycles. The van der Waals surface area contributed by atoms with Crippen molar-refractivity contribution in [1.82, 2.24) is 10.3 Å². The first-order valence-electron chi connectivity index (χ1n) is 9.27. The highest BCUT2D eigenvalue weighted by Crippen LogP contribution is 2.32. The van der Waals surface area contributed by atoms with Crippen LogP contribution in [0.3, 0.4) is 0 Å². The van der Waals surface area contributed by atoms with Gasteiger partial charge >= 0.3 is 0 Å². The number of benzene rings is 1. The monoisotopic (exact) mass is 334 g/mol. The Kier molecular flexibility index (Phi) is 4.03. The molecule has 0 aliphatic heterocycles. The summed E-state index contributed by atoms with van der Waals surface area (Å²) in [5.41, 5.74) is 7.77. The average Bonchev–Trinajstić information content (AvgIpc) is 2.92. The summed E-state index contributed by atoms with van der Waals surface area (Å²) in [4.78, 5) is 16.3. The van der Waals surface area contributed by atoms with Gasteiger partial charge < -0.3 is 10.3 Å². The molecule has 3 heteroatoms. The van der Waals surface area contributed by atoms with Gasteiger partial charge in [0.25, 0.3) is 0 Å². The molecule has 4 rings (SSSR count). The molecule has 1 heterocycles. The number of carbonyl (C=O) groups excluding carboxylic acids is 1. The molecule has 0 saturated heterocycles. The molecule has 3 nitrogen and oxygen atoms in total. The lowest BCUT2D eigenvalue weighted by Crippen LogP contribution is -2.42. The molecule has 2 aliphatic rings. The number of aromatic amines is 1. The third-order valence-electron chi connectivity index (χ3n) is 5.65. The van der Waals surface area contributed by atoms with E-state index in [0.29, 0.717) is 0 Å².